The van der Waals surface area contributed by atoms with Crippen molar-refractivity contribution in [1.82, 2.24) is 9.55 Å². The van der Waals surface area contributed by atoms with Crippen LogP contribution in [0, 0.1) is 0 Å². The number of aryl methyl sites for hydroxylation is 1. The molecule has 2 aromatic carbocycles. The first-order valence-electron chi connectivity index (χ1n) is 8.26. The Kier molecular flexibility index (Phi) is 4.18. The second-order valence-electron chi connectivity index (χ2n) is 5.94. The molecule has 134 valence electrons. The van der Waals surface area contributed by atoms with Crippen LogP contribution in [0.15, 0.2) is 70.2 Å². The van der Waals surface area contributed by atoms with Crippen molar-refractivity contribution >= 4 is 29.2 Å². The third kappa shape index (κ3) is 3.30. The summed E-state index contributed by atoms with van der Waals surface area (Å²) in [4.78, 5) is 15.6. The number of imidazole rings is 1. The van der Waals surface area contributed by atoms with Gasteiger partial charge in [0.1, 0.15) is 11.5 Å². The predicted molar refractivity (Wildman–Crippen MR) is 103 cm³/mol. The molecule has 2 aromatic heterocycles. The maximum Gasteiger partial charge on any atom is 0.335 e. The summed E-state index contributed by atoms with van der Waals surface area (Å²) >= 11 is 0. The van der Waals surface area contributed by atoms with Crippen LogP contribution in [0.1, 0.15) is 16.1 Å². The molecule has 4 rings (SSSR count). The number of rotatable bonds is 5. The van der Waals surface area contributed by atoms with E-state index in [1.54, 1.807) is 36.5 Å². The first-order valence-corrected chi connectivity index (χ1v) is 8.26. The number of nitrogens with zero attached hydrogens (tertiary/aromatic N) is 3. The van der Waals surface area contributed by atoms with E-state index in [9.17, 15) is 4.79 Å². The maximum absolute atomic E-state index is 11.1. The van der Waals surface area contributed by atoms with Crippen molar-refractivity contribution in [2.75, 3.05) is 5.43 Å². The lowest BCUT2D eigenvalue weighted by atomic mass is 10.1. The third-order valence-electron chi connectivity index (χ3n) is 4.16. The minimum Gasteiger partial charge on any atom is -0.478 e. The molecule has 4 aromatic rings. The quantitative estimate of drug-likeness (QED) is 0.415. The average Bonchev–Trinajstić information content (AvgIpc) is 3.28. The number of para-hydroxylation sites is 2. The largest absolute Gasteiger partial charge is 0.478 e. The molecular weight excluding hydrogens is 344 g/mol. The zero-order valence-electron chi connectivity index (χ0n) is 14.5. The molecule has 2 N–H and O–H groups in total. The summed E-state index contributed by atoms with van der Waals surface area (Å²) in [6.07, 6.45) is 1.55. The van der Waals surface area contributed by atoms with Gasteiger partial charge in [-0.05, 0) is 36.4 Å². The molecule has 0 spiro atoms. The summed E-state index contributed by atoms with van der Waals surface area (Å²) in [7, 11) is 1.91. The Bertz CT molecular complexity index is 1160. The highest BCUT2D eigenvalue weighted by molar-refractivity contribution is 5.89. The summed E-state index contributed by atoms with van der Waals surface area (Å²) in [5.41, 5.74) is 5.70. The molecule has 0 saturated carbocycles. The fourth-order valence-electron chi connectivity index (χ4n) is 2.78. The monoisotopic (exact) mass is 360 g/mol. The number of carboxylic acid groups (broad SMARTS) is 1. The molecule has 2 heterocycles. The zero-order chi connectivity index (χ0) is 18.8. The first kappa shape index (κ1) is 16.6. The Labute approximate surface area is 154 Å². The lowest BCUT2D eigenvalue weighted by molar-refractivity contribution is 0.0697. The van der Waals surface area contributed by atoms with E-state index in [2.05, 4.69) is 15.5 Å². The Morgan fingerprint density at radius 1 is 1.19 bits per heavy atom. The SMILES string of the molecule is Cn1c(N/N=C\c2ccc(-c3cccc(C(=O)O)c3)o2)nc2ccccc21. The maximum atomic E-state index is 11.1. The van der Waals surface area contributed by atoms with Crippen molar-refractivity contribution in [2.45, 2.75) is 0 Å². The fraction of sp³-hybridized carbons (Fsp3) is 0.0500. The van der Waals surface area contributed by atoms with Crippen LogP contribution >= 0.6 is 0 Å². The van der Waals surface area contributed by atoms with Gasteiger partial charge in [-0.25, -0.2) is 15.2 Å². The number of carbonyl (C=O) groups is 1. The molecule has 0 saturated heterocycles. The van der Waals surface area contributed by atoms with E-state index in [0.717, 1.165) is 11.0 Å². The number of carboxylic acids is 1. The topological polar surface area (TPSA) is 92.7 Å². The highest BCUT2D eigenvalue weighted by Crippen LogP contribution is 2.23. The molecular formula is C20H16N4O3. The van der Waals surface area contributed by atoms with Crippen molar-refractivity contribution in [3.8, 4) is 11.3 Å². The number of nitrogens with one attached hydrogen (secondary N) is 1. The van der Waals surface area contributed by atoms with Crippen molar-refractivity contribution in [3.63, 3.8) is 0 Å². The van der Waals surface area contributed by atoms with Gasteiger partial charge in [0.05, 0.1) is 22.8 Å². The molecule has 0 unspecified atom stereocenters. The molecule has 0 fully saturated rings. The summed E-state index contributed by atoms with van der Waals surface area (Å²) in [5.74, 6) is 0.754. The van der Waals surface area contributed by atoms with Crippen molar-refractivity contribution in [3.05, 3.63) is 72.0 Å². The minimum absolute atomic E-state index is 0.211. The fourth-order valence-corrected chi connectivity index (χ4v) is 2.78. The van der Waals surface area contributed by atoms with Gasteiger partial charge in [-0.2, -0.15) is 5.10 Å². The van der Waals surface area contributed by atoms with E-state index in [0.29, 0.717) is 23.0 Å². The number of hydrogen-bond acceptors (Lipinski definition) is 5. The number of hydrogen-bond donors (Lipinski definition) is 2. The number of aromatic nitrogens is 2. The van der Waals surface area contributed by atoms with E-state index in [4.69, 9.17) is 9.52 Å². The van der Waals surface area contributed by atoms with Gasteiger partial charge >= 0.3 is 5.97 Å². The van der Waals surface area contributed by atoms with Crippen LogP contribution in [0.25, 0.3) is 22.4 Å². The van der Waals surface area contributed by atoms with Crippen LogP contribution < -0.4 is 5.43 Å². The van der Waals surface area contributed by atoms with Gasteiger partial charge in [0.15, 0.2) is 0 Å². The van der Waals surface area contributed by atoms with Crippen molar-refractivity contribution in [1.29, 1.82) is 0 Å². The van der Waals surface area contributed by atoms with Gasteiger partial charge < -0.3 is 14.1 Å². The van der Waals surface area contributed by atoms with E-state index in [1.165, 1.54) is 6.07 Å². The molecule has 0 aliphatic rings. The second-order valence-corrected chi connectivity index (χ2v) is 5.94. The van der Waals surface area contributed by atoms with Crippen LogP contribution in [0.3, 0.4) is 0 Å². The standard InChI is InChI=1S/C20H16N4O3/c1-24-17-8-3-2-7-16(17)22-20(24)23-21-12-15-9-10-18(27-15)13-5-4-6-14(11-13)19(25)26/h2-12H,1H3,(H,22,23)(H,25,26)/b21-12-. The van der Waals surface area contributed by atoms with Crippen molar-refractivity contribution < 1.29 is 14.3 Å². The van der Waals surface area contributed by atoms with Crippen LogP contribution in [0.2, 0.25) is 0 Å². The lowest BCUT2D eigenvalue weighted by Crippen LogP contribution is -1.98. The van der Waals surface area contributed by atoms with Crippen molar-refractivity contribution in [2.24, 2.45) is 12.1 Å². The molecule has 0 atom stereocenters. The Balaban J connectivity index is 1.51. The van der Waals surface area contributed by atoms with E-state index in [1.807, 2.05) is 35.9 Å². The van der Waals surface area contributed by atoms with Crippen LogP contribution in [0.4, 0.5) is 5.95 Å². The molecule has 0 aliphatic heterocycles. The summed E-state index contributed by atoms with van der Waals surface area (Å²) in [5, 5.41) is 13.3. The van der Waals surface area contributed by atoms with Gasteiger partial charge in [0.2, 0.25) is 5.95 Å². The lowest BCUT2D eigenvalue weighted by Gasteiger charge is -2.00. The van der Waals surface area contributed by atoms with E-state index < -0.39 is 5.97 Å². The van der Waals surface area contributed by atoms with Gasteiger partial charge in [0, 0.05) is 12.6 Å². The average molecular weight is 360 g/mol. The molecule has 27 heavy (non-hydrogen) atoms. The number of anilines is 1. The summed E-state index contributed by atoms with van der Waals surface area (Å²) < 4.78 is 7.64. The molecule has 0 bridgehead atoms. The summed E-state index contributed by atoms with van der Waals surface area (Å²) in [6, 6.07) is 18.0. The van der Waals surface area contributed by atoms with Gasteiger partial charge in [-0.1, -0.05) is 24.3 Å². The number of benzene rings is 2. The highest BCUT2D eigenvalue weighted by atomic mass is 16.4. The van der Waals surface area contributed by atoms with E-state index >= 15 is 0 Å². The summed E-state index contributed by atoms with van der Waals surface area (Å²) in [6.45, 7) is 0. The molecule has 7 nitrogen and oxygen atoms in total. The van der Waals surface area contributed by atoms with Gasteiger partial charge in [-0.15, -0.1) is 0 Å². The third-order valence-corrected chi connectivity index (χ3v) is 4.16. The first-order chi connectivity index (χ1) is 13.1. The molecule has 7 heteroatoms. The number of furan rings is 1. The Morgan fingerprint density at radius 2 is 2.04 bits per heavy atom. The molecule has 0 aliphatic carbocycles. The number of fused-ring (bicyclic) bond motifs is 1. The van der Waals surface area contributed by atoms with Crippen LogP contribution in [-0.4, -0.2) is 26.8 Å². The number of aromatic carboxylic acids is 1. The number of hydrazone groups is 1. The zero-order valence-corrected chi connectivity index (χ0v) is 14.5. The molecule has 0 radical (unpaired) electrons. The molecule has 0 amide bonds. The normalized spacial score (nSPS) is 11.3. The minimum atomic E-state index is -0.975. The van der Waals surface area contributed by atoms with Gasteiger partial charge in [0.25, 0.3) is 0 Å². The predicted octanol–water partition coefficient (Wildman–Crippen LogP) is 3.98. The second kappa shape index (κ2) is 6.80. The Hall–Kier alpha value is -3.87. The smallest absolute Gasteiger partial charge is 0.335 e. The van der Waals surface area contributed by atoms with Crippen LogP contribution in [0.5, 0.6) is 0 Å². The van der Waals surface area contributed by atoms with E-state index in [-0.39, 0.29) is 5.56 Å². The Morgan fingerprint density at radius 3 is 2.85 bits per heavy atom. The van der Waals surface area contributed by atoms with Crippen LogP contribution in [-0.2, 0) is 7.05 Å². The highest BCUT2D eigenvalue weighted by Gasteiger charge is 2.08. The van der Waals surface area contributed by atoms with Gasteiger partial charge in [-0.3, -0.25) is 0 Å².